The number of nitrogens with one attached hydrogen (secondary N) is 1. The summed E-state index contributed by atoms with van der Waals surface area (Å²) >= 11 is 0. The SMILES string of the molecule is CCc1cc(-c2cccc(NC)c2)ccc1C. The van der Waals surface area contributed by atoms with Gasteiger partial charge in [0.2, 0.25) is 0 Å². The molecule has 0 bridgehead atoms. The first-order chi connectivity index (χ1) is 8.24. The van der Waals surface area contributed by atoms with Crippen molar-refractivity contribution in [1.29, 1.82) is 0 Å². The summed E-state index contributed by atoms with van der Waals surface area (Å²) in [6.45, 7) is 4.38. The minimum atomic E-state index is 1.09. The van der Waals surface area contributed by atoms with Gasteiger partial charge in [-0.3, -0.25) is 0 Å². The summed E-state index contributed by atoms with van der Waals surface area (Å²) in [5.74, 6) is 0. The first-order valence-corrected chi connectivity index (χ1v) is 6.12. The quantitative estimate of drug-likeness (QED) is 0.822. The molecule has 0 radical (unpaired) electrons. The van der Waals surface area contributed by atoms with E-state index in [-0.39, 0.29) is 0 Å². The van der Waals surface area contributed by atoms with Crippen LogP contribution in [0.1, 0.15) is 18.1 Å². The fourth-order valence-electron chi connectivity index (χ4n) is 2.09. The first kappa shape index (κ1) is 11.7. The molecule has 2 rings (SSSR count). The monoisotopic (exact) mass is 225 g/mol. The van der Waals surface area contributed by atoms with Crippen molar-refractivity contribution < 1.29 is 0 Å². The molecule has 0 amide bonds. The molecule has 0 spiro atoms. The van der Waals surface area contributed by atoms with Gasteiger partial charge in [-0.15, -0.1) is 0 Å². The van der Waals surface area contributed by atoms with E-state index in [9.17, 15) is 0 Å². The Kier molecular flexibility index (Phi) is 3.48. The third kappa shape index (κ3) is 2.50. The summed E-state index contributed by atoms with van der Waals surface area (Å²) in [6, 6.07) is 15.2. The van der Waals surface area contributed by atoms with Gasteiger partial charge in [0.05, 0.1) is 0 Å². The van der Waals surface area contributed by atoms with Crippen LogP contribution in [0.15, 0.2) is 42.5 Å². The highest BCUT2D eigenvalue weighted by Gasteiger charge is 2.02. The van der Waals surface area contributed by atoms with Crippen LogP contribution < -0.4 is 5.32 Å². The molecule has 0 atom stereocenters. The molecule has 0 aliphatic heterocycles. The highest BCUT2D eigenvalue weighted by atomic mass is 14.8. The second-order valence-corrected chi connectivity index (χ2v) is 4.33. The van der Waals surface area contributed by atoms with Gasteiger partial charge in [-0.2, -0.15) is 0 Å². The normalized spacial score (nSPS) is 10.3. The third-order valence-corrected chi connectivity index (χ3v) is 3.21. The molecular formula is C16H19N. The smallest absolute Gasteiger partial charge is 0.0343 e. The van der Waals surface area contributed by atoms with E-state index in [0.29, 0.717) is 0 Å². The van der Waals surface area contributed by atoms with Gasteiger partial charge in [-0.05, 0) is 47.7 Å². The standard InChI is InChI=1S/C16H19N/c1-4-13-10-15(9-8-12(13)2)14-6-5-7-16(11-14)17-3/h5-11,17H,4H2,1-3H3. The van der Waals surface area contributed by atoms with Gasteiger partial charge in [0, 0.05) is 12.7 Å². The van der Waals surface area contributed by atoms with E-state index in [1.165, 1.54) is 22.3 Å². The van der Waals surface area contributed by atoms with Crippen molar-refractivity contribution in [2.45, 2.75) is 20.3 Å². The molecule has 0 unspecified atom stereocenters. The number of benzene rings is 2. The zero-order valence-electron chi connectivity index (χ0n) is 10.7. The molecule has 1 N–H and O–H groups in total. The van der Waals surface area contributed by atoms with Gasteiger partial charge in [0.25, 0.3) is 0 Å². The van der Waals surface area contributed by atoms with Crippen LogP contribution >= 0.6 is 0 Å². The molecule has 0 aromatic heterocycles. The van der Waals surface area contributed by atoms with Crippen molar-refractivity contribution >= 4 is 5.69 Å². The lowest BCUT2D eigenvalue weighted by molar-refractivity contribution is 1.11. The van der Waals surface area contributed by atoms with Crippen molar-refractivity contribution in [3.05, 3.63) is 53.6 Å². The Hall–Kier alpha value is -1.76. The van der Waals surface area contributed by atoms with Gasteiger partial charge >= 0.3 is 0 Å². The fourth-order valence-corrected chi connectivity index (χ4v) is 2.09. The van der Waals surface area contributed by atoms with Crippen LogP contribution in [0.25, 0.3) is 11.1 Å². The van der Waals surface area contributed by atoms with Gasteiger partial charge in [0.1, 0.15) is 0 Å². The highest BCUT2D eigenvalue weighted by molar-refractivity contribution is 5.69. The van der Waals surface area contributed by atoms with Crippen LogP contribution in [0.5, 0.6) is 0 Å². The maximum atomic E-state index is 3.18. The van der Waals surface area contributed by atoms with E-state index in [0.717, 1.165) is 12.1 Å². The molecule has 0 saturated carbocycles. The molecule has 0 saturated heterocycles. The van der Waals surface area contributed by atoms with Gasteiger partial charge < -0.3 is 5.32 Å². The second-order valence-electron chi connectivity index (χ2n) is 4.33. The summed E-state index contributed by atoms with van der Waals surface area (Å²) in [4.78, 5) is 0. The fraction of sp³-hybridized carbons (Fsp3) is 0.250. The Morgan fingerprint density at radius 2 is 1.76 bits per heavy atom. The molecule has 1 nitrogen and oxygen atoms in total. The number of hydrogen-bond donors (Lipinski definition) is 1. The lowest BCUT2D eigenvalue weighted by atomic mass is 9.98. The average molecular weight is 225 g/mol. The number of anilines is 1. The van der Waals surface area contributed by atoms with E-state index in [1.807, 2.05) is 7.05 Å². The number of aryl methyl sites for hydroxylation is 2. The van der Waals surface area contributed by atoms with Crippen LogP contribution in [0.3, 0.4) is 0 Å². The van der Waals surface area contributed by atoms with E-state index in [2.05, 4.69) is 61.6 Å². The molecule has 2 aromatic rings. The summed E-state index contributed by atoms with van der Waals surface area (Å²) < 4.78 is 0. The molecule has 0 fully saturated rings. The van der Waals surface area contributed by atoms with Crippen LogP contribution in [-0.4, -0.2) is 7.05 Å². The summed E-state index contributed by atoms with van der Waals surface area (Å²) in [5.41, 5.74) is 6.52. The predicted molar refractivity (Wildman–Crippen MR) is 75.5 cm³/mol. The molecule has 0 aliphatic rings. The summed E-state index contributed by atoms with van der Waals surface area (Å²) in [5, 5.41) is 3.18. The minimum Gasteiger partial charge on any atom is -0.388 e. The zero-order chi connectivity index (χ0) is 12.3. The van der Waals surface area contributed by atoms with E-state index in [4.69, 9.17) is 0 Å². The van der Waals surface area contributed by atoms with Crippen molar-refractivity contribution in [2.24, 2.45) is 0 Å². The Balaban J connectivity index is 2.45. The van der Waals surface area contributed by atoms with E-state index >= 15 is 0 Å². The zero-order valence-corrected chi connectivity index (χ0v) is 10.7. The second kappa shape index (κ2) is 5.05. The summed E-state index contributed by atoms with van der Waals surface area (Å²) in [6.07, 6.45) is 1.09. The summed E-state index contributed by atoms with van der Waals surface area (Å²) in [7, 11) is 1.95. The lowest BCUT2D eigenvalue weighted by Gasteiger charge is -2.09. The van der Waals surface area contributed by atoms with Crippen molar-refractivity contribution in [3.63, 3.8) is 0 Å². The van der Waals surface area contributed by atoms with Gasteiger partial charge in [-0.25, -0.2) is 0 Å². The van der Waals surface area contributed by atoms with Gasteiger partial charge in [0.15, 0.2) is 0 Å². The molecule has 0 aliphatic carbocycles. The molecular weight excluding hydrogens is 206 g/mol. The topological polar surface area (TPSA) is 12.0 Å². The molecule has 2 aromatic carbocycles. The molecule has 0 heterocycles. The minimum absolute atomic E-state index is 1.09. The van der Waals surface area contributed by atoms with Crippen LogP contribution in [-0.2, 0) is 6.42 Å². The van der Waals surface area contributed by atoms with E-state index in [1.54, 1.807) is 0 Å². The first-order valence-electron chi connectivity index (χ1n) is 6.12. The number of hydrogen-bond acceptors (Lipinski definition) is 1. The van der Waals surface area contributed by atoms with Crippen molar-refractivity contribution in [2.75, 3.05) is 12.4 Å². The van der Waals surface area contributed by atoms with Crippen LogP contribution in [0.2, 0.25) is 0 Å². The highest BCUT2D eigenvalue weighted by Crippen LogP contribution is 2.25. The molecule has 1 heteroatoms. The van der Waals surface area contributed by atoms with E-state index < -0.39 is 0 Å². The van der Waals surface area contributed by atoms with Crippen molar-refractivity contribution in [3.8, 4) is 11.1 Å². The Morgan fingerprint density at radius 1 is 1.00 bits per heavy atom. The lowest BCUT2D eigenvalue weighted by Crippen LogP contribution is -1.90. The Labute approximate surface area is 103 Å². The molecule has 88 valence electrons. The number of rotatable bonds is 3. The van der Waals surface area contributed by atoms with Crippen LogP contribution in [0, 0.1) is 6.92 Å². The van der Waals surface area contributed by atoms with Crippen LogP contribution in [0.4, 0.5) is 5.69 Å². The third-order valence-electron chi connectivity index (χ3n) is 3.21. The Bertz CT molecular complexity index is 515. The van der Waals surface area contributed by atoms with Gasteiger partial charge in [-0.1, -0.05) is 37.3 Å². The maximum absolute atomic E-state index is 3.18. The Morgan fingerprint density at radius 3 is 2.47 bits per heavy atom. The van der Waals surface area contributed by atoms with Crippen molar-refractivity contribution in [1.82, 2.24) is 0 Å². The maximum Gasteiger partial charge on any atom is 0.0343 e. The molecule has 17 heavy (non-hydrogen) atoms. The predicted octanol–water partition coefficient (Wildman–Crippen LogP) is 4.27. The average Bonchev–Trinajstić information content (AvgIpc) is 2.39. The largest absolute Gasteiger partial charge is 0.388 e.